The largest absolute Gasteiger partial charge is 0.392 e. The smallest absolute Gasteiger partial charge is 0.137 e. The van der Waals surface area contributed by atoms with Gasteiger partial charge in [-0.05, 0) is 59.3 Å². The third kappa shape index (κ3) is 3.50. The van der Waals surface area contributed by atoms with Gasteiger partial charge in [0.15, 0.2) is 0 Å². The molecule has 0 bridgehead atoms. The molecular formula is C13H17BrFNO. The summed E-state index contributed by atoms with van der Waals surface area (Å²) in [6.45, 7) is 2.61. The Morgan fingerprint density at radius 1 is 1.53 bits per heavy atom. The molecule has 0 aliphatic heterocycles. The summed E-state index contributed by atoms with van der Waals surface area (Å²) < 4.78 is 13.6. The van der Waals surface area contributed by atoms with Crippen LogP contribution in [0.4, 0.5) is 4.39 Å². The Kier molecular flexibility index (Phi) is 4.17. The molecule has 1 aliphatic rings. The highest BCUT2D eigenvalue weighted by Crippen LogP contribution is 2.32. The van der Waals surface area contributed by atoms with Crippen molar-refractivity contribution in [2.75, 3.05) is 6.54 Å². The fourth-order valence-electron chi connectivity index (χ4n) is 1.84. The number of halogens is 2. The molecule has 2 unspecified atom stereocenters. The highest BCUT2D eigenvalue weighted by Gasteiger charge is 2.29. The molecule has 0 radical (unpaired) electrons. The van der Waals surface area contributed by atoms with Crippen molar-refractivity contribution < 1.29 is 9.50 Å². The quantitative estimate of drug-likeness (QED) is 0.876. The number of hydrogen-bond acceptors (Lipinski definition) is 2. The number of aliphatic hydroxyl groups excluding tert-OH is 1. The van der Waals surface area contributed by atoms with Gasteiger partial charge in [-0.15, -0.1) is 0 Å². The van der Waals surface area contributed by atoms with Crippen LogP contribution in [0, 0.1) is 11.7 Å². The second kappa shape index (κ2) is 5.46. The first-order chi connectivity index (χ1) is 8.08. The lowest BCUT2D eigenvalue weighted by molar-refractivity contribution is 0.145. The van der Waals surface area contributed by atoms with Gasteiger partial charge in [0, 0.05) is 12.6 Å². The van der Waals surface area contributed by atoms with Crippen LogP contribution in [0.15, 0.2) is 22.7 Å². The molecule has 94 valence electrons. The monoisotopic (exact) mass is 301 g/mol. The standard InChI is InChI=1S/C13H17BrFNO/c1-8(16-7-13(17)9-2-3-9)10-4-5-12(15)11(14)6-10/h4-6,8-9,13,16-17H,2-3,7H2,1H3. The van der Waals surface area contributed by atoms with Crippen LogP contribution in [0.2, 0.25) is 0 Å². The molecule has 2 atom stereocenters. The van der Waals surface area contributed by atoms with E-state index in [0.717, 1.165) is 18.4 Å². The summed E-state index contributed by atoms with van der Waals surface area (Å²) in [5.41, 5.74) is 1.02. The van der Waals surface area contributed by atoms with Gasteiger partial charge in [-0.25, -0.2) is 4.39 Å². The predicted octanol–water partition coefficient (Wildman–Crippen LogP) is 3.01. The number of hydrogen-bond donors (Lipinski definition) is 2. The SMILES string of the molecule is CC(NCC(O)C1CC1)c1ccc(F)c(Br)c1. The van der Waals surface area contributed by atoms with Crippen molar-refractivity contribution in [2.24, 2.45) is 5.92 Å². The molecule has 4 heteroatoms. The Balaban J connectivity index is 1.89. The Labute approximate surface area is 109 Å². The summed E-state index contributed by atoms with van der Waals surface area (Å²) in [7, 11) is 0. The highest BCUT2D eigenvalue weighted by molar-refractivity contribution is 9.10. The lowest BCUT2D eigenvalue weighted by atomic mass is 10.1. The summed E-state index contributed by atoms with van der Waals surface area (Å²) in [6.07, 6.45) is 2.03. The zero-order valence-corrected chi connectivity index (χ0v) is 11.4. The van der Waals surface area contributed by atoms with Crippen LogP contribution in [0.25, 0.3) is 0 Å². The third-order valence-electron chi connectivity index (χ3n) is 3.24. The van der Waals surface area contributed by atoms with Crippen LogP contribution < -0.4 is 5.32 Å². The Morgan fingerprint density at radius 3 is 2.82 bits per heavy atom. The molecule has 1 aromatic rings. The molecule has 0 saturated heterocycles. The van der Waals surface area contributed by atoms with Crippen LogP contribution in [0.3, 0.4) is 0 Å². The molecule has 17 heavy (non-hydrogen) atoms. The summed E-state index contributed by atoms with van der Waals surface area (Å²) in [6, 6.07) is 5.10. The van der Waals surface area contributed by atoms with Crippen LogP contribution >= 0.6 is 15.9 Å². The van der Waals surface area contributed by atoms with Crippen LogP contribution in [0.5, 0.6) is 0 Å². The molecule has 0 spiro atoms. The summed E-state index contributed by atoms with van der Waals surface area (Å²) in [4.78, 5) is 0. The van der Waals surface area contributed by atoms with E-state index in [0.29, 0.717) is 16.9 Å². The van der Waals surface area contributed by atoms with E-state index in [4.69, 9.17) is 0 Å². The minimum atomic E-state index is -0.251. The van der Waals surface area contributed by atoms with E-state index in [-0.39, 0.29) is 18.0 Å². The Hall–Kier alpha value is -0.450. The molecule has 2 N–H and O–H groups in total. The van der Waals surface area contributed by atoms with Gasteiger partial charge in [-0.3, -0.25) is 0 Å². The normalized spacial score (nSPS) is 19.1. The maximum Gasteiger partial charge on any atom is 0.137 e. The van der Waals surface area contributed by atoms with Crippen molar-refractivity contribution in [1.29, 1.82) is 0 Å². The maximum absolute atomic E-state index is 13.1. The van der Waals surface area contributed by atoms with Gasteiger partial charge in [-0.1, -0.05) is 6.07 Å². The minimum Gasteiger partial charge on any atom is -0.392 e. The van der Waals surface area contributed by atoms with Gasteiger partial charge in [0.2, 0.25) is 0 Å². The number of aliphatic hydroxyl groups is 1. The average Bonchev–Trinajstić information content (AvgIpc) is 3.13. The Morgan fingerprint density at radius 2 is 2.24 bits per heavy atom. The first kappa shape index (κ1) is 13.0. The van der Waals surface area contributed by atoms with E-state index in [2.05, 4.69) is 21.2 Å². The molecule has 1 aromatic carbocycles. The molecule has 2 nitrogen and oxygen atoms in total. The Bertz CT molecular complexity index is 395. The third-order valence-corrected chi connectivity index (χ3v) is 3.85. The van der Waals surface area contributed by atoms with E-state index in [1.54, 1.807) is 12.1 Å². The first-order valence-electron chi connectivity index (χ1n) is 5.94. The van der Waals surface area contributed by atoms with Gasteiger partial charge in [-0.2, -0.15) is 0 Å². The van der Waals surface area contributed by atoms with E-state index in [9.17, 15) is 9.50 Å². The van der Waals surface area contributed by atoms with Crippen molar-refractivity contribution in [3.05, 3.63) is 34.1 Å². The van der Waals surface area contributed by atoms with E-state index >= 15 is 0 Å². The van der Waals surface area contributed by atoms with Crippen molar-refractivity contribution in [1.82, 2.24) is 5.32 Å². The fraction of sp³-hybridized carbons (Fsp3) is 0.538. The first-order valence-corrected chi connectivity index (χ1v) is 6.73. The molecule has 0 amide bonds. The number of benzene rings is 1. The molecule has 1 aliphatic carbocycles. The second-order valence-electron chi connectivity index (χ2n) is 4.71. The fourth-order valence-corrected chi connectivity index (χ4v) is 2.24. The average molecular weight is 302 g/mol. The lowest BCUT2D eigenvalue weighted by Crippen LogP contribution is -2.30. The second-order valence-corrected chi connectivity index (χ2v) is 5.56. The van der Waals surface area contributed by atoms with Crippen molar-refractivity contribution in [3.8, 4) is 0 Å². The van der Waals surface area contributed by atoms with Gasteiger partial charge in [0.25, 0.3) is 0 Å². The predicted molar refractivity (Wildman–Crippen MR) is 69.2 cm³/mol. The zero-order chi connectivity index (χ0) is 12.4. The lowest BCUT2D eigenvalue weighted by Gasteiger charge is -2.17. The summed E-state index contributed by atoms with van der Waals surface area (Å²) in [5.74, 6) is 0.230. The van der Waals surface area contributed by atoms with Crippen molar-refractivity contribution >= 4 is 15.9 Å². The van der Waals surface area contributed by atoms with Gasteiger partial charge in [0.05, 0.1) is 10.6 Å². The molecule has 0 aromatic heterocycles. The zero-order valence-electron chi connectivity index (χ0n) is 9.79. The summed E-state index contributed by atoms with van der Waals surface area (Å²) >= 11 is 3.18. The van der Waals surface area contributed by atoms with Gasteiger partial charge < -0.3 is 10.4 Å². The molecular weight excluding hydrogens is 285 g/mol. The van der Waals surface area contributed by atoms with Gasteiger partial charge in [0.1, 0.15) is 5.82 Å². The molecule has 1 saturated carbocycles. The molecule has 0 heterocycles. The van der Waals surface area contributed by atoms with Crippen LogP contribution in [0.1, 0.15) is 31.4 Å². The number of rotatable bonds is 5. The van der Waals surface area contributed by atoms with Crippen molar-refractivity contribution in [3.63, 3.8) is 0 Å². The molecule has 1 fully saturated rings. The van der Waals surface area contributed by atoms with Crippen LogP contribution in [-0.2, 0) is 0 Å². The highest BCUT2D eigenvalue weighted by atomic mass is 79.9. The molecule has 2 rings (SSSR count). The van der Waals surface area contributed by atoms with Crippen LogP contribution in [-0.4, -0.2) is 17.8 Å². The summed E-state index contributed by atoms with van der Waals surface area (Å²) in [5, 5.41) is 13.0. The van der Waals surface area contributed by atoms with Gasteiger partial charge >= 0.3 is 0 Å². The number of nitrogens with one attached hydrogen (secondary N) is 1. The van der Waals surface area contributed by atoms with E-state index in [1.807, 2.05) is 6.92 Å². The van der Waals surface area contributed by atoms with E-state index < -0.39 is 0 Å². The van der Waals surface area contributed by atoms with E-state index in [1.165, 1.54) is 6.07 Å². The topological polar surface area (TPSA) is 32.3 Å². The minimum absolute atomic E-state index is 0.111. The maximum atomic E-state index is 13.1. The van der Waals surface area contributed by atoms with Crippen molar-refractivity contribution in [2.45, 2.75) is 31.9 Å².